The number of rotatable bonds is 6. The zero-order valence-electron chi connectivity index (χ0n) is 11.2. The number of carbonyl (C=O) groups excluding carboxylic acids is 1. The molecule has 21 heavy (non-hydrogen) atoms. The van der Waals surface area contributed by atoms with Crippen molar-refractivity contribution in [1.29, 1.82) is 0 Å². The van der Waals surface area contributed by atoms with E-state index in [-0.39, 0.29) is 18.9 Å². The lowest BCUT2D eigenvalue weighted by atomic mass is 10.1. The van der Waals surface area contributed by atoms with E-state index in [1.54, 1.807) is 30.3 Å². The highest BCUT2D eigenvalue weighted by atomic mass is 19.3. The van der Waals surface area contributed by atoms with Gasteiger partial charge in [-0.15, -0.1) is 0 Å². The zero-order valence-corrected chi connectivity index (χ0v) is 11.2. The van der Waals surface area contributed by atoms with Gasteiger partial charge in [0.15, 0.2) is 5.76 Å². The van der Waals surface area contributed by atoms with Crippen molar-refractivity contribution in [3.63, 3.8) is 0 Å². The summed E-state index contributed by atoms with van der Waals surface area (Å²) in [7, 11) is 0. The maximum absolute atomic E-state index is 12.5. The zero-order chi connectivity index (χ0) is 15.2. The summed E-state index contributed by atoms with van der Waals surface area (Å²) < 4.78 is 30.2. The molecule has 1 aromatic heterocycles. The van der Waals surface area contributed by atoms with Gasteiger partial charge < -0.3 is 14.4 Å². The maximum atomic E-state index is 12.5. The Morgan fingerprint density at radius 3 is 2.57 bits per heavy atom. The molecule has 1 N–H and O–H groups in total. The summed E-state index contributed by atoms with van der Waals surface area (Å²) >= 11 is 0. The summed E-state index contributed by atoms with van der Waals surface area (Å²) in [5.74, 6) is -0.663. The Morgan fingerprint density at radius 2 is 1.95 bits per heavy atom. The second-order valence-electron chi connectivity index (χ2n) is 4.40. The average Bonchev–Trinajstić information content (AvgIpc) is 2.96. The normalized spacial score (nSPS) is 10.9. The van der Waals surface area contributed by atoms with Gasteiger partial charge in [0.1, 0.15) is 0 Å². The van der Waals surface area contributed by atoms with Crippen molar-refractivity contribution < 1.29 is 23.1 Å². The number of halogens is 2. The number of hydrogen-bond donors (Lipinski definition) is 1. The molecule has 0 aliphatic heterocycles. The van der Waals surface area contributed by atoms with Gasteiger partial charge in [0.05, 0.1) is 19.4 Å². The van der Waals surface area contributed by atoms with Gasteiger partial charge in [-0.05, 0) is 11.6 Å². The molecular weight excluding hydrogens is 280 g/mol. The van der Waals surface area contributed by atoms with Crippen molar-refractivity contribution in [2.75, 3.05) is 19.7 Å². The second-order valence-corrected chi connectivity index (χ2v) is 4.40. The Bertz CT molecular complexity index is 584. The van der Waals surface area contributed by atoms with E-state index in [1.807, 2.05) is 6.07 Å². The number of alkyl halides is 2. The number of furan rings is 1. The molecule has 1 amide bonds. The standard InChI is InChI=1S/C15H15F2NO3/c16-13(17)10-18(7-8-19)15(20)14-12(6-9-21-14)11-4-2-1-3-5-11/h1-6,9,13,19H,7-8,10H2. The van der Waals surface area contributed by atoms with Gasteiger partial charge in [0, 0.05) is 12.1 Å². The molecule has 0 bridgehead atoms. The van der Waals surface area contributed by atoms with E-state index in [0.717, 1.165) is 10.5 Å². The van der Waals surface area contributed by atoms with E-state index in [2.05, 4.69) is 0 Å². The third-order valence-electron chi connectivity index (χ3n) is 2.96. The highest BCUT2D eigenvalue weighted by Crippen LogP contribution is 2.26. The smallest absolute Gasteiger partial charge is 0.290 e. The number of carbonyl (C=O) groups is 1. The van der Waals surface area contributed by atoms with Crippen molar-refractivity contribution >= 4 is 5.91 Å². The fraction of sp³-hybridized carbons (Fsp3) is 0.267. The van der Waals surface area contributed by atoms with Gasteiger partial charge in [-0.3, -0.25) is 4.79 Å². The van der Waals surface area contributed by atoms with Crippen LogP contribution in [-0.2, 0) is 0 Å². The highest BCUT2D eigenvalue weighted by Gasteiger charge is 2.24. The Labute approximate surface area is 120 Å². The molecular formula is C15H15F2NO3. The average molecular weight is 295 g/mol. The summed E-state index contributed by atoms with van der Waals surface area (Å²) in [6, 6.07) is 10.7. The highest BCUT2D eigenvalue weighted by molar-refractivity contribution is 5.98. The number of hydrogen-bond acceptors (Lipinski definition) is 3. The van der Waals surface area contributed by atoms with Gasteiger partial charge in [-0.1, -0.05) is 30.3 Å². The topological polar surface area (TPSA) is 53.7 Å². The predicted molar refractivity (Wildman–Crippen MR) is 73.1 cm³/mol. The van der Waals surface area contributed by atoms with Crippen molar-refractivity contribution in [1.82, 2.24) is 4.90 Å². The minimum atomic E-state index is -2.67. The van der Waals surface area contributed by atoms with Gasteiger partial charge in [-0.2, -0.15) is 0 Å². The van der Waals surface area contributed by atoms with Gasteiger partial charge in [0.2, 0.25) is 0 Å². The summed E-state index contributed by atoms with van der Waals surface area (Å²) in [4.78, 5) is 13.2. The van der Waals surface area contributed by atoms with E-state index in [0.29, 0.717) is 5.56 Å². The van der Waals surface area contributed by atoms with Crippen LogP contribution < -0.4 is 0 Å². The SMILES string of the molecule is O=C(c1occc1-c1ccccc1)N(CCO)CC(F)F. The van der Waals surface area contributed by atoms with E-state index < -0.39 is 18.9 Å². The van der Waals surface area contributed by atoms with Crippen LogP contribution in [0, 0.1) is 0 Å². The molecule has 6 heteroatoms. The third-order valence-corrected chi connectivity index (χ3v) is 2.96. The number of nitrogens with zero attached hydrogens (tertiary/aromatic N) is 1. The molecule has 1 aromatic carbocycles. The fourth-order valence-electron chi connectivity index (χ4n) is 2.03. The molecule has 0 saturated carbocycles. The van der Waals surface area contributed by atoms with Crippen LogP contribution in [0.1, 0.15) is 10.6 Å². The predicted octanol–water partition coefficient (Wildman–Crippen LogP) is 2.65. The van der Waals surface area contributed by atoms with Gasteiger partial charge in [0.25, 0.3) is 12.3 Å². The molecule has 2 rings (SSSR count). The Balaban J connectivity index is 2.29. The number of amides is 1. The van der Waals surface area contributed by atoms with Crippen molar-refractivity contribution in [3.05, 3.63) is 48.4 Å². The molecule has 112 valence electrons. The third kappa shape index (κ3) is 3.66. The van der Waals surface area contributed by atoms with Gasteiger partial charge >= 0.3 is 0 Å². The van der Waals surface area contributed by atoms with Gasteiger partial charge in [-0.25, -0.2) is 8.78 Å². The van der Waals surface area contributed by atoms with Crippen molar-refractivity contribution in [3.8, 4) is 11.1 Å². The minimum Gasteiger partial charge on any atom is -0.459 e. The van der Waals surface area contributed by atoms with Crippen molar-refractivity contribution in [2.45, 2.75) is 6.43 Å². The Hall–Kier alpha value is -2.21. The minimum absolute atomic E-state index is 0.00435. The molecule has 4 nitrogen and oxygen atoms in total. The molecule has 1 heterocycles. The first kappa shape index (κ1) is 15.2. The lowest BCUT2D eigenvalue weighted by Gasteiger charge is -2.20. The van der Waals surface area contributed by atoms with Crippen LogP contribution in [-0.4, -0.2) is 42.0 Å². The summed E-state index contributed by atoms with van der Waals surface area (Å²) in [5, 5.41) is 8.91. The van der Waals surface area contributed by atoms with Crippen LogP contribution in [0.25, 0.3) is 11.1 Å². The molecule has 0 unspecified atom stereocenters. The van der Waals surface area contributed by atoms with Crippen LogP contribution in [0.4, 0.5) is 8.78 Å². The maximum Gasteiger partial charge on any atom is 0.290 e. The number of aliphatic hydroxyl groups is 1. The summed E-state index contributed by atoms with van der Waals surface area (Å²) in [6.07, 6.45) is -1.33. The first-order valence-electron chi connectivity index (χ1n) is 6.44. The largest absolute Gasteiger partial charge is 0.459 e. The Morgan fingerprint density at radius 1 is 1.24 bits per heavy atom. The molecule has 2 aromatic rings. The molecule has 0 saturated heterocycles. The lowest BCUT2D eigenvalue weighted by molar-refractivity contribution is 0.0484. The van der Waals surface area contributed by atoms with E-state index >= 15 is 0 Å². The molecule has 0 aliphatic rings. The van der Waals surface area contributed by atoms with E-state index in [4.69, 9.17) is 9.52 Å². The monoisotopic (exact) mass is 295 g/mol. The van der Waals surface area contributed by atoms with Crippen LogP contribution in [0.15, 0.2) is 47.1 Å². The molecule has 0 atom stereocenters. The first-order valence-corrected chi connectivity index (χ1v) is 6.44. The van der Waals surface area contributed by atoms with Crippen LogP contribution in [0.3, 0.4) is 0 Å². The first-order chi connectivity index (χ1) is 10.1. The Kier molecular flexibility index (Phi) is 5.05. The lowest BCUT2D eigenvalue weighted by Crippen LogP contribution is -2.37. The molecule has 0 fully saturated rings. The summed E-state index contributed by atoms with van der Waals surface area (Å²) in [6.45, 7) is -1.30. The number of aliphatic hydroxyl groups excluding tert-OH is 1. The molecule has 0 spiro atoms. The summed E-state index contributed by atoms with van der Waals surface area (Å²) in [5.41, 5.74) is 1.30. The second kappa shape index (κ2) is 6.99. The fourth-order valence-corrected chi connectivity index (χ4v) is 2.03. The van der Waals surface area contributed by atoms with Crippen LogP contribution in [0.5, 0.6) is 0 Å². The van der Waals surface area contributed by atoms with E-state index in [1.165, 1.54) is 6.26 Å². The van der Waals surface area contributed by atoms with Crippen molar-refractivity contribution in [2.24, 2.45) is 0 Å². The quantitative estimate of drug-likeness (QED) is 0.891. The van der Waals surface area contributed by atoms with Crippen LogP contribution >= 0.6 is 0 Å². The number of benzene rings is 1. The van der Waals surface area contributed by atoms with Crippen LogP contribution in [0.2, 0.25) is 0 Å². The molecule has 0 radical (unpaired) electrons. The van der Waals surface area contributed by atoms with E-state index in [9.17, 15) is 13.6 Å². The molecule has 0 aliphatic carbocycles.